The molecule has 3 aromatic rings. The van der Waals surface area contributed by atoms with E-state index in [4.69, 9.17) is 14.7 Å². The number of nitriles is 1. The summed E-state index contributed by atoms with van der Waals surface area (Å²) in [5.41, 5.74) is 2.08. The molecule has 1 saturated heterocycles. The zero-order chi connectivity index (χ0) is 25.5. The first-order valence-corrected chi connectivity index (χ1v) is 12.2. The number of nitrogens with zero attached hydrogens (tertiary/aromatic N) is 1. The van der Waals surface area contributed by atoms with Gasteiger partial charge in [0.25, 0.3) is 0 Å². The first-order valence-electron chi connectivity index (χ1n) is 11.2. The van der Waals surface area contributed by atoms with Crippen molar-refractivity contribution in [2.24, 2.45) is 0 Å². The Morgan fingerprint density at radius 1 is 1.08 bits per heavy atom. The van der Waals surface area contributed by atoms with Gasteiger partial charge in [0.05, 0.1) is 17.4 Å². The lowest BCUT2D eigenvalue weighted by molar-refractivity contribution is -0.139. The molecule has 4 rings (SSSR count). The number of hydrogen-bond donors (Lipinski definition) is 1. The largest absolute Gasteiger partial charge is 0.489 e. The van der Waals surface area contributed by atoms with E-state index in [9.17, 15) is 18.4 Å². The van der Waals surface area contributed by atoms with Crippen LogP contribution in [0, 0.1) is 23.0 Å². The fraction of sp³-hybridized carbons (Fsp3) is 0.222. The van der Waals surface area contributed by atoms with Gasteiger partial charge in [0.2, 0.25) is 0 Å². The van der Waals surface area contributed by atoms with Gasteiger partial charge in [-0.1, -0.05) is 24.3 Å². The van der Waals surface area contributed by atoms with Crippen LogP contribution in [0.2, 0.25) is 0 Å². The van der Waals surface area contributed by atoms with Crippen LogP contribution in [0.4, 0.5) is 8.78 Å². The second-order valence-corrected chi connectivity index (χ2v) is 9.10. The van der Waals surface area contributed by atoms with Crippen molar-refractivity contribution in [1.29, 1.82) is 5.26 Å². The Balaban J connectivity index is 1.40. The van der Waals surface area contributed by atoms with Gasteiger partial charge >= 0.3 is 11.9 Å². The Morgan fingerprint density at radius 2 is 1.86 bits per heavy atom. The van der Waals surface area contributed by atoms with Crippen LogP contribution in [0.15, 0.2) is 65.6 Å². The Morgan fingerprint density at radius 3 is 2.58 bits per heavy atom. The maximum Gasteiger partial charge on any atom is 0.345 e. The average molecular weight is 509 g/mol. The summed E-state index contributed by atoms with van der Waals surface area (Å²) in [6.07, 6.45) is 1.51. The number of nitrogens with one attached hydrogen (secondary N) is 1. The quantitative estimate of drug-likeness (QED) is 0.252. The predicted octanol–water partition coefficient (Wildman–Crippen LogP) is 5.26. The summed E-state index contributed by atoms with van der Waals surface area (Å²) in [5, 5.41) is 11.8. The molecule has 0 bridgehead atoms. The Bertz CT molecular complexity index is 1300. The lowest BCUT2D eigenvalue weighted by atomic mass is 10.1. The van der Waals surface area contributed by atoms with E-state index in [1.165, 1.54) is 0 Å². The number of benzene rings is 3. The van der Waals surface area contributed by atoms with Gasteiger partial charge in [-0.05, 0) is 72.5 Å². The molecule has 184 valence electrons. The molecule has 1 aliphatic heterocycles. The zero-order valence-corrected chi connectivity index (χ0v) is 19.9. The van der Waals surface area contributed by atoms with E-state index >= 15 is 0 Å². The summed E-state index contributed by atoms with van der Waals surface area (Å²) in [5.74, 6) is -2.58. The molecule has 1 aliphatic rings. The van der Waals surface area contributed by atoms with Crippen molar-refractivity contribution in [1.82, 2.24) is 5.32 Å². The number of esters is 2. The van der Waals surface area contributed by atoms with Gasteiger partial charge in [-0.2, -0.15) is 5.26 Å². The lowest BCUT2D eigenvalue weighted by Crippen LogP contribution is -2.33. The molecule has 0 unspecified atom stereocenters. The average Bonchev–Trinajstić information content (AvgIpc) is 3.44. The first kappa shape index (κ1) is 25.4. The predicted molar refractivity (Wildman–Crippen MR) is 130 cm³/mol. The van der Waals surface area contributed by atoms with Gasteiger partial charge in [-0.3, -0.25) is 0 Å². The Kier molecular flexibility index (Phi) is 8.31. The number of rotatable bonds is 8. The van der Waals surface area contributed by atoms with Gasteiger partial charge in [0.1, 0.15) is 18.4 Å². The van der Waals surface area contributed by atoms with Crippen molar-refractivity contribution >= 4 is 23.7 Å². The lowest BCUT2D eigenvalue weighted by Gasteiger charge is -2.12. The van der Waals surface area contributed by atoms with Crippen LogP contribution in [0.1, 0.15) is 28.8 Å². The standard InChI is InChI=1S/C27H22F2N2O4S/c28-22-14-21(25(15-23(22)29)36-12-10-30)18-6-8-20(9-7-18)34-16-17-3-1-4-19(13-17)26(32)35-27(33)24-5-2-11-31-24/h1,3-4,6-9,13-15,24,31H,2,5,11-12,16H2/t24-/m0/s1. The molecule has 9 heteroatoms. The van der Waals surface area contributed by atoms with Gasteiger partial charge < -0.3 is 14.8 Å². The summed E-state index contributed by atoms with van der Waals surface area (Å²) < 4.78 is 38.4. The fourth-order valence-corrected chi connectivity index (χ4v) is 4.52. The SMILES string of the molecule is N#CCSc1cc(F)c(F)cc1-c1ccc(OCc2cccc(C(=O)OC(=O)[C@@H]3CCCN3)c2)cc1. The highest BCUT2D eigenvalue weighted by Crippen LogP contribution is 2.34. The Hall–Kier alpha value is -3.74. The van der Waals surface area contributed by atoms with E-state index < -0.39 is 29.6 Å². The summed E-state index contributed by atoms with van der Waals surface area (Å²) in [4.78, 5) is 24.9. The molecule has 1 fully saturated rings. The molecule has 6 nitrogen and oxygen atoms in total. The third-order valence-corrected chi connectivity index (χ3v) is 6.51. The smallest absolute Gasteiger partial charge is 0.345 e. The second-order valence-electron chi connectivity index (χ2n) is 8.08. The third-order valence-electron chi connectivity index (χ3n) is 5.59. The van der Waals surface area contributed by atoms with Crippen molar-refractivity contribution in [3.8, 4) is 22.9 Å². The second kappa shape index (κ2) is 11.8. The number of hydrogen-bond acceptors (Lipinski definition) is 7. The third kappa shape index (κ3) is 6.27. The van der Waals surface area contributed by atoms with Crippen molar-refractivity contribution in [3.63, 3.8) is 0 Å². The fourth-order valence-electron chi connectivity index (χ4n) is 3.78. The van der Waals surface area contributed by atoms with E-state index in [1.54, 1.807) is 48.5 Å². The minimum Gasteiger partial charge on any atom is -0.489 e. The van der Waals surface area contributed by atoms with Crippen LogP contribution in [-0.2, 0) is 16.1 Å². The molecule has 1 N–H and O–H groups in total. The highest BCUT2D eigenvalue weighted by atomic mass is 32.2. The molecule has 0 spiro atoms. The normalized spacial score (nSPS) is 14.8. The minimum absolute atomic E-state index is 0.109. The molecule has 36 heavy (non-hydrogen) atoms. The molecule has 1 heterocycles. The zero-order valence-electron chi connectivity index (χ0n) is 19.1. The monoisotopic (exact) mass is 508 g/mol. The molecule has 0 radical (unpaired) electrons. The van der Waals surface area contributed by atoms with Crippen molar-refractivity contribution in [2.75, 3.05) is 12.3 Å². The summed E-state index contributed by atoms with van der Waals surface area (Å²) in [6, 6.07) is 17.2. The van der Waals surface area contributed by atoms with Crippen molar-refractivity contribution in [3.05, 3.63) is 83.4 Å². The van der Waals surface area contributed by atoms with Gasteiger partial charge in [-0.15, -0.1) is 11.8 Å². The topological polar surface area (TPSA) is 88.4 Å². The van der Waals surface area contributed by atoms with Crippen LogP contribution in [0.3, 0.4) is 0 Å². The van der Waals surface area contributed by atoms with E-state index in [-0.39, 0.29) is 17.9 Å². The maximum atomic E-state index is 13.9. The molecule has 0 amide bonds. The minimum atomic E-state index is -0.968. The van der Waals surface area contributed by atoms with Crippen LogP contribution in [0.5, 0.6) is 5.75 Å². The van der Waals surface area contributed by atoms with Gasteiger partial charge in [0, 0.05) is 4.90 Å². The number of thioether (sulfide) groups is 1. The number of carbonyl (C=O) groups is 2. The number of carbonyl (C=O) groups excluding carboxylic acids is 2. The van der Waals surface area contributed by atoms with Crippen LogP contribution < -0.4 is 10.1 Å². The number of ether oxygens (including phenoxy) is 2. The molecule has 1 atom stereocenters. The molecule has 0 aliphatic carbocycles. The highest BCUT2D eigenvalue weighted by Gasteiger charge is 2.26. The molecule has 0 aromatic heterocycles. The van der Waals surface area contributed by atoms with Crippen molar-refractivity contribution < 1.29 is 27.8 Å². The Labute approximate surface area is 211 Å². The van der Waals surface area contributed by atoms with Crippen LogP contribution >= 0.6 is 11.8 Å². The van der Waals surface area contributed by atoms with Gasteiger partial charge in [0.15, 0.2) is 11.6 Å². The van der Waals surface area contributed by atoms with Crippen LogP contribution in [0.25, 0.3) is 11.1 Å². The van der Waals surface area contributed by atoms with Crippen LogP contribution in [-0.4, -0.2) is 30.3 Å². The summed E-state index contributed by atoms with van der Waals surface area (Å²) in [7, 11) is 0. The summed E-state index contributed by atoms with van der Waals surface area (Å²) >= 11 is 1.13. The van der Waals surface area contributed by atoms with E-state index in [2.05, 4.69) is 5.32 Å². The van der Waals surface area contributed by atoms with Gasteiger partial charge in [-0.25, -0.2) is 18.4 Å². The van der Waals surface area contributed by atoms with Crippen molar-refractivity contribution in [2.45, 2.75) is 30.4 Å². The molecule has 3 aromatic carbocycles. The van der Waals surface area contributed by atoms with E-state index in [0.29, 0.717) is 33.8 Å². The number of halogens is 2. The summed E-state index contributed by atoms with van der Waals surface area (Å²) in [6.45, 7) is 0.886. The van der Waals surface area contributed by atoms with E-state index in [1.807, 2.05) is 6.07 Å². The highest BCUT2D eigenvalue weighted by molar-refractivity contribution is 7.99. The molecular weight excluding hydrogens is 486 g/mol. The maximum absolute atomic E-state index is 13.9. The molecule has 0 saturated carbocycles. The first-order chi connectivity index (χ1) is 17.4. The van der Waals surface area contributed by atoms with E-state index in [0.717, 1.165) is 36.9 Å². The molecular formula is C27H22F2N2O4S.